The van der Waals surface area contributed by atoms with Gasteiger partial charge in [0.25, 0.3) is 11.6 Å². The molecule has 0 aromatic carbocycles. The fourth-order valence-corrected chi connectivity index (χ4v) is 0.447. The molecule has 0 amide bonds. The normalized spacial score (nSPS) is 17.2. The van der Waals surface area contributed by atoms with Crippen molar-refractivity contribution in [1.82, 2.24) is 0 Å². The van der Waals surface area contributed by atoms with Crippen molar-refractivity contribution >= 4 is 6.47 Å². The van der Waals surface area contributed by atoms with Crippen molar-refractivity contribution in [1.29, 1.82) is 0 Å². The summed E-state index contributed by atoms with van der Waals surface area (Å²) in [4.78, 5) is 22.3. The maximum absolute atomic E-state index is 9.64. The van der Waals surface area contributed by atoms with Gasteiger partial charge in [0.15, 0.2) is 0 Å². The molecule has 1 rings (SSSR count). The molecule has 1 fully saturated rings. The van der Waals surface area contributed by atoms with Crippen molar-refractivity contribution in [2.45, 2.75) is 25.4 Å². The minimum Gasteiger partial charge on any atom is -0.483 e. The van der Waals surface area contributed by atoms with Crippen LogP contribution < -0.4 is 0 Å². The van der Waals surface area contributed by atoms with Gasteiger partial charge in [0.05, 0.1) is 0 Å². The van der Waals surface area contributed by atoms with Crippen molar-refractivity contribution < 1.29 is 19.8 Å². The Morgan fingerprint density at radius 3 is 2.18 bits per heavy atom. The Labute approximate surface area is 62.9 Å². The quantitative estimate of drug-likeness (QED) is 0.362. The van der Waals surface area contributed by atoms with Crippen LogP contribution in [0, 0.1) is 10.1 Å². The van der Waals surface area contributed by atoms with Crippen LogP contribution >= 0.6 is 0 Å². The van der Waals surface area contributed by atoms with Gasteiger partial charge in [-0.2, -0.15) is 0 Å². The molecule has 64 valence electrons. The van der Waals surface area contributed by atoms with Crippen LogP contribution in [0.15, 0.2) is 0 Å². The van der Waals surface area contributed by atoms with E-state index in [2.05, 4.69) is 4.84 Å². The molecule has 1 saturated carbocycles. The molecule has 11 heavy (non-hydrogen) atoms. The van der Waals surface area contributed by atoms with E-state index in [9.17, 15) is 10.1 Å². The van der Waals surface area contributed by atoms with Crippen LogP contribution in [0.25, 0.3) is 0 Å². The zero-order valence-corrected chi connectivity index (χ0v) is 6.02. The highest BCUT2D eigenvalue weighted by molar-refractivity contribution is 5.32. The van der Waals surface area contributed by atoms with Crippen molar-refractivity contribution in [3.05, 3.63) is 10.1 Å². The van der Waals surface area contributed by atoms with Gasteiger partial charge in [0, 0.05) is 0 Å². The summed E-state index contributed by atoms with van der Waals surface area (Å²) in [6.07, 6.45) is 1.63. The minimum absolute atomic E-state index is 0.250. The Kier molecular flexibility index (Phi) is 3.29. The highest BCUT2D eigenvalue weighted by Crippen LogP contribution is 2.38. The molecule has 0 bridgehead atoms. The number of nitrogens with zero attached hydrogens (tertiary/aromatic N) is 1. The molecule has 6 heteroatoms. The Bertz CT molecular complexity index is 153. The van der Waals surface area contributed by atoms with Crippen molar-refractivity contribution in [2.24, 2.45) is 0 Å². The van der Waals surface area contributed by atoms with E-state index in [1.54, 1.807) is 6.92 Å². The molecule has 0 aromatic rings. The molecule has 1 N–H and O–H groups in total. The second kappa shape index (κ2) is 3.75. The summed E-state index contributed by atoms with van der Waals surface area (Å²) in [5.74, 6) is 0. The number of hydrogen-bond donors (Lipinski definition) is 1. The highest BCUT2D eigenvalue weighted by Gasteiger charge is 2.41. The van der Waals surface area contributed by atoms with Crippen LogP contribution in [-0.2, 0) is 9.63 Å². The number of carbonyl (C=O) groups is 1. The van der Waals surface area contributed by atoms with Crippen LogP contribution in [0.3, 0.4) is 0 Å². The van der Waals surface area contributed by atoms with Crippen LogP contribution in [0.5, 0.6) is 0 Å². The molecule has 6 nitrogen and oxygen atoms in total. The van der Waals surface area contributed by atoms with E-state index in [1.807, 2.05) is 0 Å². The topological polar surface area (TPSA) is 89.7 Å². The van der Waals surface area contributed by atoms with Crippen molar-refractivity contribution in [3.8, 4) is 0 Å². The van der Waals surface area contributed by atoms with E-state index in [1.165, 1.54) is 0 Å². The zero-order valence-electron chi connectivity index (χ0n) is 6.02. The summed E-state index contributed by atoms with van der Waals surface area (Å²) < 4.78 is 0. The van der Waals surface area contributed by atoms with Gasteiger partial charge in [-0.15, -0.1) is 10.1 Å². The SMILES string of the molecule is CC1(O[N+](=O)[O-])CC1.O=CO. The third kappa shape index (κ3) is 5.13. The number of rotatable bonds is 2. The maximum Gasteiger partial charge on any atom is 0.295 e. The Balaban J connectivity index is 0.000000292. The van der Waals surface area contributed by atoms with E-state index >= 15 is 0 Å². The summed E-state index contributed by atoms with van der Waals surface area (Å²) in [5, 5.41) is 15.8. The van der Waals surface area contributed by atoms with Gasteiger partial charge in [-0.3, -0.25) is 4.79 Å². The third-order valence-electron chi connectivity index (χ3n) is 1.25. The van der Waals surface area contributed by atoms with Crippen molar-refractivity contribution in [2.75, 3.05) is 0 Å². The van der Waals surface area contributed by atoms with E-state index in [0.717, 1.165) is 12.8 Å². The van der Waals surface area contributed by atoms with E-state index < -0.39 is 10.7 Å². The summed E-state index contributed by atoms with van der Waals surface area (Å²) >= 11 is 0. The van der Waals surface area contributed by atoms with E-state index in [0.29, 0.717) is 0 Å². The third-order valence-corrected chi connectivity index (χ3v) is 1.25. The fourth-order valence-electron chi connectivity index (χ4n) is 0.447. The van der Waals surface area contributed by atoms with Gasteiger partial charge >= 0.3 is 0 Å². The first-order chi connectivity index (χ1) is 5.04. The Morgan fingerprint density at radius 2 is 2.09 bits per heavy atom. The average Bonchev–Trinajstić information content (AvgIpc) is 2.47. The molecule has 0 aromatic heterocycles. The lowest BCUT2D eigenvalue weighted by Gasteiger charge is -2.01. The standard InChI is InChI=1S/C4H7NO3.CH2O2/c1-4(2-3-4)8-5(6)7;2-1-3/h2-3H2,1H3;1H,(H,2,3). The summed E-state index contributed by atoms with van der Waals surface area (Å²) in [6.45, 7) is 1.48. The minimum atomic E-state index is -0.729. The number of hydrogen-bond acceptors (Lipinski definition) is 4. The van der Waals surface area contributed by atoms with Gasteiger partial charge in [0.1, 0.15) is 5.60 Å². The molecule has 1 aliphatic rings. The van der Waals surface area contributed by atoms with E-state index in [4.69, 9.17) is 9.90 Å². The summed E-state index contributed by atoms with van der Waals surface area (Å²) in [5.41, 5.74) is -0.427. The first-order valence-corrected chi connectivity index (χ1v) is 2.95. The van der Waals surface area contributed by atoms with Crippen LogP contribution in [0.4, 0.5) is 0 Å². The molecule has 0 radical (unpaired) electrons. The molecule has 0 saturated heterocycles. The Hall–Kier alpha value is -1.33. The molecule has 1 aliphatic carbocycles. The molecular formula is C5H9NO5. The average molecular weight is 163 g/mol. The molecule has 0 heterocycles. The van der Waals surface area contributed by atoms with Crippen molar-refractivity contribution in [3.63, 3.8) is 0 Å². The largest absolute Gasteiger partial charge is 0.483 e. The first kappa shape index (κ1) is 9.67. The Morgan fingerprint density at radius 1 is 1.73 bits per heavy atom. The molecule has 0 aliphatic heterocycles. The van der Waals surface area contributed by atoms with Crippen LogP contribution in [-0.4, -0.2) is 22.3 Å². The predicted octanol–water partition coefficient (Wildman–Crippen LogP) is 0.448. The van der Waals surface area contributed by atoms with Gasteiger partial charge in [0.2, 0.25) is 0 Å². The molecule has 0 spiro atoms. The molecule has 0 unspecified atom stereocenters. The second-order valence-electron chi connectivity index (χ2n) is 2.37. The molecular weight excluding hydrogens is 154 g/mol. The van der Waals surface area contributed by atoms with E-state index in [-0.39, 0.29) is 6.47 Å². The summed E-state index contributed by atoms with van der Waals surface area (Å²) in [6, 6.07) is 0. The van der Waals surface area contributed by atoms with Gasteiger partial charge in [-0.05, 0) is 19.8 Å². The maximum atomic E-state index is 9.64. The fraction of sp³-hybridized carbons (Fsp3) is 0.800. The van der Waals surface area contributed by atoms with Gasteiger partial charge < -0.3 is 9.94 Å². The highest BCUT2D eigenvalue weighted by atomic mass is 17.0. The zero-order chi connectivity index (χ0) is 8.91. The van der Waals surface area contributed by atoms with Gasteiger partial charge in [-0.1, -0.05) is 0 Å². The van der Waals surface area contributed by atoms with Crippen LogP contribution in [0.2, 0.25) is 0 Å². The lowest BCUT2D eigenvalue weighted by atomic mass is 10.4. The second-order valence-corrected chi connectivity index (χ2v) is 2.37. The number of carboxylic acid groups (broad SMARTS) is 1. The lowest BCUT2D eigenvalue weighted by Crippen LogP contribution is -2.13. The lowest BCUT2D eigenvalue weighted by molar-refractivity contribution is -0.772. The smallest absolute Gasteiger partial charge is 0.295 e. The van der Waals surface area contributed by atoms with Gasteiger partial charge in [-0.25, -0.2) is 0 Å². The van der Waals surface area contributed by atoms with Crippen LogP contribution in [0.1, 0.15) is 19.8 Å². The predicted molar refractivity (Wildman–Crippen MR) is 34.4 cm³/mol. The monoisotopic (exact) mass is 163 g/mol. The summed E-state index contributed by atoms with van der Waals surface area (Å²) in [7, 11) is 0. The molecule has 0 atom stereocenters. The first-order valence-electron chi connectivity index (χ1n) is 2.95.